The van der Waals surface area contributed by atoms with Gasteiger partial charge in [0.05, 0.1) is 16.3 Å². The van der Waals surface area contributed by atoms with Gasteiger partial charge in [-0.1, -0.05) is 53.7 Å². The van der Waals surface area contributed by atoms with Crippen molar-refractivity contribution < 1.29 is 9.59 Å². The lowest BCUT2D eigenvalue weighted by atomic mass is 10.2. The van der Waals surface area contributed by atoms with Gasteiger partial charge in [-0.3, -0.25) is 10.1 Å². The van der Waals surface area contributed by atoms with Crippen molar-refractivity contribution in [1.29, 1.82) is 0 Å². The van der Waals surface area contributed by atoms with Crippen molar-refractivity contribution in [3.05, 3.63) is 59.1 Å². The number of imide groups is 1. The number of hydrogen-bond acceptors (Lipinski definition) is 4. The average Bonchev–Trinajstić information content (AvgIpc) is 3.02. The first-order chi connectivity index (χ1) is 12.5. The predicted molar refractivity (Wildman–Crippen MR) is 103 cm³/mol. The smallest absolute Gasteiger partial charge is 0.321 e. The van der Waals surface area contributed by atoms with E-state index in [1.54, 1.807) is 25.1 Å². The molecule has 0 saturated heterocycles. The summed E-state index contributed by atoms with van der Waals surface area (Å²) in [5.41, 5.74) is 2.52. The number of nitrogens with zero attached hydrogens (tertiary/aromatic N) is 1. The van der Waals surface area contributed by atoms with Gasteiger partial charge in [-0.15, -0.1) is 0 Å². The van der Waals surface area contributed by atoms with Crippen molar-refractivity contribution in [2.75, 3.05) is 0 Å². The highest BCUT2D eigenvalue weighted by molar-refractivity contribution is 8.00. The summed E-state index contributed by atoms with van der Waals surface area (Å²) in [6.45, 7) is 2.07. The molecule has 0 spiro atoms. The Morgan fingerprint density at radius 2 is 2.00 bits per heavy atom. The number of carbonyl (C=O) groups is 2. The van der Waals surface area contributed by atoms with Gasteiger partial charge in [0, 0.05) is 11.6 Å². The van der Waals surface area contributed by atoms with Crippen LogP contribution in [-0.4, -0.2) is 27.2 Å². The Bertz CT molecular complexity index is 929. The van der Waals surface area contributed by atoms with Crippen molar-refractivity contribution in [1.82, 2.24) is 20.6 Å². The minimum Gasteiger partial charge on any atom is -0.334 e. The van der Waals surface area contributed by atoms with Crippen LogP contribution in [0.25, 0.3) is 11.0 Å². The number of fused-ring (bicyclic) bond motifs is 1. The number of carbonyl (C=O) groups excluding carboxylic acids is 2. The molecule has 3 rings (SSSR count). The van der Waals surface area contributed by atoms with Gasteiger partial charge in [-0.2, -0.15) is 0 Å². The number of benzene rings is 2. The lowest BCUT2D eigenvalue weighted by Crippen LogP contribution is -2.42. The van der Waals surface area contributed by atoms with Crippen molar-refractivity contribution in [3.8, 4) is 0 Å². The Morgan fingerprint density at radius 3 is 2.77 bits per heavy atom. The van der Waals surface area contributed by atoms with Crippen LogP contribution < -0.4 is 10.6 Å². The fourth-order valence-electron chi connectivity index (χ4n) is 2.27. The summed E-state index contributed by atoms with van der Waals surface area (Å²) in [6.07, 6.45) is 0. The summed E-state index contributed by atoms with van der Waals surface area (Å²) in [7, 11) is 0. The zero-order chi connectivity index (χ0) is 18.5. The number of aromatic amines is 1. The highest BCUT2D eigenvalue weighted by Gasteiger charge is 2.18. The van der Waals surface area contributed by atoms with Crippen LogP contribution in [0.3, 0.4) is 0 Å². The number of amides is 3. The summed E-state index contributed by atoms with van der Waals surface area (Å²) in [6, 6.07) is 14.3. The van der Waals surface area contributed by atoms with E-state index in [0.29, 0.717) is 16.7 Å². The predicted octanol–water partition coefficient (Wildman–Crippen LogP) is 3.72. The fourth-order valence-corrected chi connectivity index (χ4v) is 3.26. The second-order valence-corrected chi connectivity index (χ2v) is 7.39. The number of thioether (sulfide) groups is 1. The molecule has 0 aliphatic carbocycles. The Balaban J connectivity index is 1.52. The van der Waals surface area contributed by atoms with Crippen molar-refractivity contribution in [3.63, 3.8) is 0 Å². The van der Waals surface area contributed by atoms with Gasteiger partial charge in [-0.05, 0) is 30.7 Å². The zero-order valence-corrected chi connectivity index (χ0v) is 15.5. The van der Waals surface area contributed by atoms with Crippen LogP contribution in [0, 0.1) is 0 Å². The molecule has 1 unspecified atom stereocenters. The summed E-state index contributed by atoms with van der Waals surface area (Å²) in [5, 5.41) is 5.71. The zero-order valence-electron chi connectivity index (χ0n) is 14.0. The Kier molecular flexibility index (Phi) is 5.80. The molecule has 0 aliphatic rings. The van der Waals surface area contributed by atoms with Crippen LogP contribution >= 0.6 is 23.4 Å². The molecule has 3 aromatic rings. The molecule has 1 atom stereocenters. The van der Waals surface area contributed by atoms with Crippen molar-refractivity contribution >= 4 is 46.3 Å². The van der Waals surface area contributed by atoms with E-state index in [2.05, 4.69) is 20.6 Å². The molecule has 0 saturated carbocycles. The van der Waals surface area contributed by atoms with Gasteiger partial charge < -0.3 is 10.3 Å². The van der Waals surface area contributed by atoms with E-state index >= 15 is 0 Å². The van der Waals surface area contributed by atoms with E-state index in [1.165, 1.54) is 11.8 Å². The lowest BCUT2D eigenvalue weighted by molar-refractivity contribution is -0.119. The maximum atomic E-state index is 12.2. The molecule has 1 aromatic heterocycles. The number of nitrogens with one attached hydrogen (secondary N) is 3. The quantitative estimate of drug-likeness (QED) is 0.581. The van der Waals surface area contributed by atoms with Gasteiger partial charge in [0.1, 0.15) is 0 Å². The molecule has 0 fully saturated rings. The molecule has 134 valence electrons. The maximum Gasteiger partial charge on any atom is 0.321 e. The highest BCUT2D eigenvalue weighted by Crippen LogP contribution is 2.25. The van der Waals surface area contributed by atoms with Gasteiger partial charge in [0.15, 0.2) is 5.16 Å². The first-order valence-electron chi connectivity index (χ1n) is 7.96. The second kappa shape index (κ2) is 8.25. The summed E-state index contributed by atoms with van der Waals surface area (Å²) in [5.74, 6) is -0.390. The van der Waals surface area contributed by atoms with E-state index in [-0.39, 0.29) is 5.91 Å². The number of halogens is 1. The number of hydrogen-bond donors (Lipinski definition) is 3. The average molecular weight is 389 g/mol. The van der Waals surface area contributed by atoms with Crippen LogP contribution in [0.5, 0.6) is 0 Å². The molecule has 8 heteroatoms. The van der Waals surface area contributed by atoms with Gasteiger partial charge in [-0.25, -0.2) is 9.78 Å². The SMILES string of the molecule is CC(Sc1nc2ccc(Cl)cc2[nH]1)C(=O)NC(=O)NCc1ccccc1. The fraction of sp³-hybridized carbons (Fsp3) is 0.167. The number of H-pyrrole nitrogens is 1. The Hall–Kier alpha value is -2.51. The lowest BCUT2D eigenvalue weighted by Gasteiger charge is -2.10. The molecule has 2 aromatic carbocycles. The molecule has 0 radical (unpaired) electrons. The van der Waals surface area contributed by atoms with Gasteiger partial charge in [0.2, 0.25) is 5.91 Å². The van der Waals surface area contributed by atoms with Crippen molar-refractivity contribution in [2.45, 2.75) is 23.9 Å². The topological polar surface area (TPSA) is 86.9 Å². The molecule has 26 heavy (non-hydrogen) atoms. The third-order valence-corrected chi connectivity index (χ3v) is 4.83. The van der Waals surface area contributed by atoms with Gasteiger partial charge in [0.25, 0.3) is 0 Å². The van der Waals surface area contributed by atoms with Crippen LogP contribution in [0.4, 0.5) is 4.79 Å². The van der Waals surface area contributed by atoms with E-state index < -0.39 is 11.3 Å². The minimum atomic E-state index is -0.525. The number of aromatic nitrogens is 2. The van der Waals surface area contributed by atoms with Crippen LogP contribution in [0.15, 0.2) is 53.7 Å². The maximum absolute atomic E-state index is 12.2. The number of rotatable bonds is 5. The van der Waals surface area contributed by atoms with Crippen LogP contribution in [-0.2, 0) is 11.3 Å². The molecule has 3 N–H and O–H groups in total. The molecule has 3 amide bonds. The molecule has 0 bridgehead atoms. The molecular weight excluding hydrogens is 372 g/mol. The van der Waals surface area contributed by atoms with E-state index in [9.17, 15) is 9.59 Å². The summed E-state index contributed by atoms with van der Waals surface area (Å²) >= 11 is 7.19. The number of urea groups is 1. The van der Waals surface area contributed by atoms with Gasteiger partial charge >= 0.3 is 6.03 Å². The Labute approximate surface area is 159 Å². The normalized spacial score (nSPS) is 11.9. The monoisotopic (exact) mass is 388 g/mol. The van der Waals surface area contributed by atoms with E-state index in [1.807, 2.05) is 30.3 Å². The minimum absolute atomic E-state index is 0.353. The summed E-state index contributed by atoms with van der Waals surface area (Å²) in [4.78, 5) is 31.6. The highest BCUT2D eigenvalue weighted by atomic mass is 35.5. The first kappa shape index (κ1) is 18.3. The molecule has 1 heterocycles. The Morgan fingerprint density at radius 1 is 1.23 bits per heavy atom. The molecular formula is C18H17ClN4O2S. The standard InChI is InChI=1S/C18H17ClN4O2S/c1-11(26-18-21-14-8-7-13(19)9-15(14)22-18)16(24)23-17(25)20-10-12-5-3-2-4-6-12/h2-9,11H,10H2,1H3,(H,21,22)(H2,20,23,24,25). The first-order valence-corrected chi connectivity index (χ1v) is 9.21. The van der Waals surface area contributed by atoms with Crippen LogP contribution in [0.2, 0.25) is 5.02 Å². The molecule has 6 nitrogen and oxygen atoms in total. The largest absolute Gasteiger partial charge is 0.334 e. The third-order valence-electron chi connectivity index (χ3n) is 3.61. The van der Waals surface area contributed by atoms with Crippen molar-refractivity contribution in [2.24, 2.45) is 0 Å². The second-order valence-electron chi connectivity index (χ2n) is 5.62. The number of imidazole rings is 1. The summed E-state index contributed by atoms with van der Waals surface area (Å²) < 4.78 is 0. The van der Waals surface area contributed by atoms with Crippen LogP contribution in [0.1, 0.15) is 12.5 Å². The van der Waals surface area contributed by atoms with E-state index in [0.717, 1.165) is 16.6 Å². The third kappa shape index (κ3) is 4.77. The van der Waals surface area contributed by atoms with E-state index in [4.69, 9.17) is 11.6 Å². The molecule has 0 aliphatic heterocycles.